The first-order chi connectivity index (χ1) is 9.53. The molecule has 0 saturated heterocycles. The molecule has 2 rings (SSSR count). The van der Waals surface area contributed by atoms with Crippen LogP contribution in [-0.2, 0) is 11.2 Å². The molecule has 1 fully saturated rings. The molecule has 3 N–H and O–H groups in total. The molecule has 1 aliphatic rings. The van der Waals surface area contributed by atoms with Gasteiger partial charge in [-0.2, -0.15) is 0 Å². The van der Waals surface area contributed by atoms with E-state index in [1.54, 1.807) is 24.3 Å². The number of carboxylic acids is 1. The van der Waals surface area contributed by atoms with E-state index in [1.165, 1.54) is 12.8 Å². The fourth-order valence-electron chi connectivity index (χ4n) is 2.21. The summed E-state index contributed by atoms with van der Waals surface area (Å²) in [5.74, 6) is -0.884. The molecule has 1 aromatic carbocycles. The Morgan fingerprint density at radius 2 is 2.10 bits per heavy atom. The van der Waals surface area contributed by atoms with E-state index in [2.05, 4.69) is 17.6 Å². The van der Waals surface area contributed by atoms with Crippen LogP contribution in [-0.4, -0.2) is 23.7 Å². The molecule has 5 nitrogen and oxygen atoms in total. The van der Waals surface area contributed by atoms with Gasteiger partial charge in [-0.1, -0.05) is 19.1 Å². The summed E-state index contributed by atoms with van der Waals surface area (Å²) < 4.78 is 0. The summed E-state index contributed by atoms with van der Waals surface area (Å²) in [6.45, 7) is 2.84. The highest BCUT2D eigenvalue weighted by molar-refractivity contribution is 5.89. The molecule has 108 valence electrons. The molecule has 0 unspecified atom stereocenters. The molecule has 0 heterocycles. The molecule has 0 radical (unpaired) electrons. The topological polar surface area (TPSA) is 78.4 Å². The highest BCUT2D eigenvalue weighted by atomic mass is 16.4. The lowest BCUT2D eigenvalue weighted by Crippen LogP contribution is -2.33. The predicted molar refractivity (Wildman–Crippen MR) is 76.8 cm³/mol. The number of carbonyl (C=O) groups is 2. The Labute approximate surface area is 118 Å². The van der Waals surface area contributed by atoms with Crippen LogP contribution in [0, 0.1) is 5.41 Å². The summed E-state index contributed by atoms with van der Waals surface area (Å²) in [5, 5.41) is 14.4. The van der Waals surface area contributed by atoms with Gasteiger partial charge in [0.05, 0.1) is 6.42 Å². The van der Waals surface area contributed by atoms with E-state index in [0.717, 1.165) is 6.42 Å². The number of benzene rings is 1. The number of amides is 2. The molecule has 0 atom stereocenters. The first-order valence-electron chi connectivity index (χ1n) is 6.89. The van der Waals surface area contributed by atoms with Crippen molar-refractivity contribution in [1.29, 1.82) is 0 Å². The summed E-state index contributed by atoms with van der Waals surface area (Å²) in [7, 11) is 0. The Balaban J connectivity index is 1.86. The molecule has 1 aromatic rings. The average Bonchev–Trinajstić information content (AvgIpc) is 3.17. The van der Waals surface area contributed by atoms with Crippen molar-refractivity contribution in [2.75, 3.05) is 11.9 Å². The Kier molecular flexibility index (Phi) is 4.27. The molecule has 20 heavy (non-hydrogen) atoms. The van der Waals surface area contributed by atoms with Crippen molar-refractivity contribution in [3.05, 3.63) is 29.8 Å². The molecule has 0 aromatic heterocycles. The molecule has 0 spiro atoms. The van der Waals surface area contributed by atoms with E-state index in [1.807, 2.05) is 0 Å². The zero-order chi connectivity index (χ0) is 14.6. The van der Waals surface area contributed by atoms with Crippen molar-refractivity contribution in [1.82, 2.24) is 5.32 Å². The van der Waals surface area contributed by atoms with E-state index in [4.69, 9.17) is 5.11 Å². The number of urea groups is 1. The smallest absolute Gasteiger partial charge is 0.319 e. The van der Waals surface area contributed by atoms with Gasteiger partial charge in [0.15, 0.2) is 0 Å². The zero-order valence-corrected chi connectivity index (χ0v) is 11.6. The molecule has 1 aliphatic carbocycles. The van der Waals surface area contributed by atoms with Gasteiger partial charge in [-0.15, -0.1) is 0 Å². The highest BCUT2D eigenvalue weighted by Gasteiger charge is 2.40. The lowest BCUT2D eigenvalue weighted by atomic mass is 10.0. The first kappa shape index (κ1) is 14.4. The Morgan fingerprint density at radius 1 is 1.35 bits per heavy atom. The number of rotatable bonds is 6. The number of hydrogen-bond acceptors (Lipinski definition) is 2. The van der Waals surface area contributed by atoms with Crippen LogP contribution in [0.2, 0.25) is 0 Å². The summed E-state index contributed by atoms with van der Waals surface area (Å²) in [5.41, 5.74) is 1.59. The van der Waals surface area contributed by atoms with Crippen molar-refractivity contribution in [2.24, 2.45) is 5.41 Å². The van der Waals surface area contributed by atoms with Gasteiger partial charge >= 0.3 is 12.0 Å². The maximum atomic E-state index is 11.8. The third-order valence-electron chi connectivity index (χ3n) is 3.87. The third kappa shape index (κ3) is 3.98. The van der Waals surface area contributed by atoms with E-state index >= 15 is 0 Å². The number of anilines is 1. The van der Waals surface area contributed by atoms with E-state index < -0.39 is 5.97 Å². The minimum Gasteiger partial charge on any atom is -0.481 e. The average molecular weight is 276 g/mol. The van der Waals surface area contributed by atoms with Crippen molar-refractivity contribution < 1.29 is 14.7 Å². The minimum atomic E-state index is -0.884. The SMILES string of the molecule is CCC1(CNC(=O)Nc2cccc(CC(=O)O)c2)CC1. The van der Waals surface area contributed by atoms with Crippen LogP contribution in [0.1, 0.15) is 31.7 Å². The molecular formula is C15H20N2O3. The first-order valence-corrected chi connectivity index (χ1v) is 6.89. The van der Waals surface area contributed by atoms with Gasteiger partial charge in [0.1, 0.15) is 0 Å². The van der Waals surface area contributed by atoms with Crippen LogP contribution in [0.3, 0.4) is 0 Å². The van der Waals surface area contributed by atoms with Gasteiger partial charge in [0.2, 0.25) is 0 Å². The second-order valence-electron chi connectivity index (χ2n) is 5.43. The minimum absolute atomic E-state index is 0.0456. The maximum Gasteiger partial charge on any atom is 0.319 e. The molecule has 5 heteroatoms. The van der Waals surface area contributed by atoms with Gasteiger partial charge in [-0.05, 0) is 42.4 Å². The Morgan fingerprint density at radius 3 is 2.70 bits per heavy atom. The highest BCUT2D eigenvalue weighted by Crippen LogP contribution is 2.47. The summed E-state index contributed by atoms with van der Waals surface area (Å²) in [6, 6.07) is 6.66. The van der Waals surface area contributed by atoms with Gasteiger partial charge in [-0.3, -0.25) is 4.79 Å². The lowest BCUT2D eigenvalue weighted by molar-refractivity contribution is -0.136. The zero-order valence-electron chi connectivity index (χ0n) is 11.6. The molecule has 2 amide bonds. The van der Waals surface area contributed by atoms with Crippen LogP contribution in [0.15, 0.2) is 24.3 Å². The fraction of sp³-hybridized carbons (Fsp3) is 0.467. The Bertz CT molecular complexity index is 510. The number of hydrogen-bond donors (Lipinski definition) is 3. The summed E-state index contributed by atoms with van der Waals surface area (Å²) in [6.07, 6.45) is 3.40. The van der Waals surface area contributed by atoms with Crippen LogP contribution < -0.4 is 10.6 Å². The number of carboxylic acid groups (broad SMARTS) is 1. The van der Waals surface area contributed by atoms with E-state index in [0.29, 0.717) is 23.2 Å². The summed E-state index contributed by atoms with van der Waals surface area (Å²) >= 11 is 0. The standard InChI is InChI=1S/C15H20N2O3/c1-2-15(6-7-15)10-16-14(20)17-12-5-3-4-11(8-12)9-13(18)19/h3-5,8H,2,6-7,9-10H2,1H3,(H,18,19)(H2,16,17,20). The number of nitrogens with one attached hydrogen (secondary N) is 2. The van der Waals surface area contributed by atoms with E-state index in [9.17, 15) is 9.59 Å². The van der Waals surface area contributed by atoms with Crippen LogP contribution in [0.4, 0.5) is 10.5 Å². The largest absolute Gasteiger partial charge is 0.481 e. The van der Waals surface area contributed by atoms with Crippen molar-refractivity contribution >= 4 is 17.7 Å². The van der Waals surface area contributed by atoms with Crippen LogP contribution in [0.25, 0.3) is 0 Å². The normalized spacial score (nSPS) is 15.4. The second-order valence-corrected chi connectivity index (χ2v) is 5.43. The van der Waals surface area contributed by atoms with Crippen molar-refractivity contribution in [3.8, 4) is 0 Å². The monoisotopic (exact) mass is 276 g/mol. The van der Waals surface area contributed by atoms with Gasteiger partial charge in [0, 0.05) is 12.2 Å². The van der Waals surface area contributed by atoms with E-state index in [-0.39, 0.29) is 12.5 Å². The molecular weight excluding hydrogens is 256 g/mol. The molecule has 0 aliphatic heterocycles. The third-order valence-corrected chi connectivity index (χ3v) is 3.87. The van der Waals surface area contributed by atoms with Crippen LogP contribution >= 0.6 is 0 Å². The quantitative estimate of drug-likeness (QED) is 0.747. The number of aliphatic carboxylic acids is 1. The predicted octanol–water partition coefficient (Wildman–Crippen LogP) is 2.63. The maximum absolute atomic E-state index is 11.8. The fourth-order valence-corrected chi connectivity index (χ4v) is 2.21. The van der Waals surface area contributed by atoms with Gasteiger partial charge in [0.25, 0.3) is 0 Å². The van der Waals surface area contributed by atoms with Gasteiger partial charge < -0.3 is 15.7 Å². The number of carbonyl (C=O) groups excluding carboxylic acids is 1. The molecule has 1 saturated carbocycles. The van der Waals surface area contributed by atoms with Crippen molar-refractivity contribution in [2.45, 2.75) is 32.6 Å². The van der Waals surface area contributed by atoms with Gasteiger partial charge in [-0.25, -0.2) is 4.79 Å². The Hall–Kier alpha value is -2.04. The lowest BCUT2D eigenvalue weighted by Gasteiger charge is -2.14. The van der Waals surface area contributed by atoms with Crippen molar-refractivity contribution in [3.63, 3.8) is 0 Å². The summed E-state index contributed by atoms with van der Waals surface area (Å²) in [4.78, 5) is 22.5. The van der Waals surface area contributed by atoms with Crippen LogP contribution in [0.5, 0.6) is 0 Å². The molecule has 0 bridgehead atoms. The second kappa shape index (κ2) is 5.94.